The smallest absolute Gasteiger partial charge is 0.264 e. The molecule has 0 aliphatic heterocycles. The number of hydrogen-bond donors (Lipinski definition) is 2. The second kappa shape index (κ2) is 14.8. The van der Waals surface area contributed by atoms with Crippen molar-refractivity contribution in [3.8, 4) is 11.5 Å². The summed E-state index contributed by atoms with van der Waals surface area (Å²) in [5.41, 5.74) is 1.30. The topological polar surface area (TPSA) is 114 Å². The van der Waals surface area contributed by atoms with Crippen LogP contribution < -0.4 is 24.4 Å². The number of rotatable bonds is 13. The van der Waals surface area contributed by atoms with E-state index in [9.17, 15) is 22.4 Å². The van der Waals surface area contributed by atoms with Gasteiger partial charge in [0.25, 0.3) is 15.9 Å². The SMILES string of the molecule is COc1ccc(CCNC(=O)c2ccccc2NC(=O)CN(c2cccc(F)c2)S(=O)(=O)c2ccc(SC)cc2)cc1OC. The van der Waals surface area contributed by atoms with E-state index >= 15 is 0 Å². The van der Waals surface area contributed by atoms with E-state index in [1.165, 1.54) is 42.1 Å². The molecule has 0 aliphatic carbocycles. The second-order valence-corrected chi connectivity index (χ2v) is 12.2. The van der Waals surface area contributed by atoms with Gasteiger partial charge in [0, 0.05) is 11.4 Å². The summed E-state index contributed by atoms with van der Waals surface area (Å²) in [4.78, 5) is 27.2. The third-order valence-corrected chi connectivity index (χ3v) is 9.16. The molecule has 0 bridgehead atoms. The Kier molecular flexibility index (Phi) is 10.9. The largest absolute Gasteiger partial charge is 0.493 e. The Morgan fingerprint density at radius 3 is 2.30 bits per heavy atom. The molecule has 12 heteroatoms. The molecule has 4 aromatic carbocycles. The first-order chi connectivity index (χ1) is 21.2. The number of para-hydroxylation sites is 1. The summed E-state index contributed by atoms with van der Waals surface area (Å²) < 4.78 is 52.9. The minimum absolute atomic E-state index is 0.0183. The zero-order valence-electron chi connectivity index (χ0n) is 24.4. The van der Waals surface area contributed by atoms with Crippen LogP contribution in [0.15, 0.2) is 101 Å². The summed E-state index contributed by atoms with van der Waals surface area (Å²) in [7, 11) is -1.16. The molecule has 44 heavy (non-hydrogen) atoms. The van der Waals surface area contributed by atoms with Crippen LogP contribution in [0.2, 0.25) is 0 Å². The molecule has 2 N–H and O–H groups in total. The molecule has 0 aromatic heterocycles. The number of benzene rings is 4. The third-order valence-electron chi connectivity index (χ3n) is 6.62. The summed E-state index contributed by atoms with van der Waals surface area (Å²) >= 11 is 1.45. The van der Waals surface area contributed by atoms with E-state index in [4.69, 9.17) is 9.47 Å². The van der Waals surface area contributed by atoms with Gasteiger partial charge in [-0.3, -0.25) is 13.9 Å². The van der Waals surface area contributed by atoms with Crippen molar-refractivity contribution < 1.29 is 31.9 Å². The molecule has 9 nitrogen and oxygen atoms in total. The molecule has 0 saturated heterocycles. The lowest BCUT2D eigenvalue weighted by molar-refractivity contribution is -0.114. The minimum atomic E-state index is -4.26. The molecule has 0 aliphatic rings. The summed E-state index contributed by atoms with van der Waals surface area (Å²) in [6, 6.07) is 23.1. The molecule has 4 rings (SSSR count). The van der Waals surface area contributed by atoms with Crippen LogP contribution in [0.3, 0.4) is 0 Å². The first-order valence-corrected chi connectivity index (χ1v) is 16.1. The number of methoxy groups -OCH3 is 2. The van der Waals surface area contributed by atoms with Crippen LogP contribution in [0.4, 0.5) is 15.8 Å². The fourth-order valence-electron chi connectivity index (χ4n) is 4.38. The van der Waals surface area contributed by atoms with Gasteiger partial charge < -0.3 is 20.1 Å². The van der Waals surface area contributed by atoms with Gasteiger partial charge in [-0.05, 0) is 85.0 Å². The Balaban J connectivity index is 1.49. The van der Waals surface area contributed by atoms with Crippen molar-refractivity contribution in [2.75, 3.05) is 43.2 Å². The number of halogens is 1. The Morgan fingerprint density at radius 2 is 1.61 bits per heavy atom. The van der Waals surface area contributed by atoms with Gasteiger partial charge in [-0.25, -0.2) is 12.8 Å². The molecule has 230 valence electrons. The second-order valence-electron chi connectivity index (χ2n) is 9.46. The average Bonchev–Trinajstić information content (AvgIpc) is 3.03. The highest BCUT2D eigenvalue weighted by Gasteiger charge is 2.28. The Bertz CT molecular complexity index is 1730. The maximum Gasteiger partial charge on any atom is 0.264 e. The lowest BCUT2D eigenvalue weighted by atomic mass is 10.1. The van der Waals surface area contributed by atoms with Crippen LogP contribution in [0.1, 0.15) is 15.9 Å². The average molecular weight is 638 g/mol. The molecular weight excluding hydrogens is 605 g/mol. The van der Waals surface area contributed by atoms with Crippen molar-refractivity contribution >= 4 is 45.0 Å². The highest BCUT2D eigenvalue weighted by molar-refractivity contribution is 7.98. The number of carbonyl (C=O) groups is 2. The highest BCUT2D eigenvalue weighted by Crippen LogP contribution is 2.28. The molecule has 0 heterocycles. The van der Waals surface area contributed by atoms with Gasteiger partial charge in [-0.1, -0.05) is 24.3 Å². The maximum absolute atomic E-state index is 14.1. The summed E-state index contributed by atoms with van der Waals surface area (Å²) in [6.45, 7) is -0.358. The Labute approximate surface area is 260 Å². The van der Waals surface area contributed by atoms with E-state index in [2.05, 4.69) is 10.6 Å². The predicted molar refractivity (Wildman–Crippen MR) is 170 cm³/mol. The van der Waals surface area contributed by atoms with Gasteiger partial charge in [0.15, 0.2) is 11.5 Å². The third kappa shape index (κ3) is 7.88. The van der Waals surface area contributed by atoms with E-state index in [1.807, 2.05) is 18.4 Å². The van der Waals surface area contributed by atoms with Crippen molar-refractivity contribution in [3.05, 3.63) is 108 Å². The monoisotopic (exact) mass is 637 g/mol. The van der Waals surface area contributed by atoms with Crippen LogP contribution in [0, 0.1) is 5.82 Å². The van der Waals surface area contributed by atoms with Gasteiger partial charge in [-0.2, -0.15) is 0 Å². The zero-order chi connectivity index (χ0) is 31.7. The molecule has 0 atom stereocenters. The number of hydrogen-bond acceptors (Lipinski definition) is 7. The van der Waals surface area contributed by atoms with Crippen LogP contribution in [0.5, 0.6) is 11.5 Å². The van der Waals surface area contributed by atoms with Crippen LogP contribution in [-0.4, -0.2) is 53.8 Å². The number of ether oxygens (including phenoxy) is 2. The Hall–Kier alpha value is -4.55. The first kappa shape index (κ1) is 32.4. The van der Waals surface area contributed by atoms with Gasteiger partial charge in [-0.15, -0.1) is 11.8 Å². The first-order valence-electron chi connectivity index (χ1n) is 13.5. The van der Waals surface area contributed by atoms with Crippen LogP contribution in [0.25, 0.3) is 0 Å². The highest BCUT2D eigenvalue weighted by atomic mass is 32.2. The fraction of sp³-hybridized carbons (Fsp3) is 0.188. The number of sulfonamides is 1. The fourth-order valence-corrected chi connectivity index (χ4v) is 6.20. The molecule has 0 unspecified atom stereocenters. The van der Waals surface area contributed by atoms with Crippen molar-refractivity contribution in [1.82, 2.24) is 5.32 Å². The normalized spacial score (nSPS) is 11.0. The number of carbonyl (C=O) groups excluding carboxylic acids is 2. The Morgan fingerprint density at radius 1 is 0.886 bits per heavy atom. The van der Waals surface area contributed by atoms with Gasteiger partial charge in [0.2, 0.25) is 5.91 Å². The number of amides is 2. The molecule has 0 radical (unpaired) electrons. The zero-order valence-corrected chi connectivity index (χ0v) is 26.0. The summed E-state index contributed by atoms with van der Waals surface area (Å²) in [6.07, 6.45) is 2.38. The lowest BCUT2D eigenvalue weighted by Gasteiger charge is -2.24. The van der Waals surface area contributed by atoms with E-state index in [0.29, 0.717) is 24.5 Å². The van der Waals surface area contributed by atoms with Crippen molar-refractivity contribution in [2.24, 2.45) is 0 Å². The van der Waals surface area contributed by atoms with E-state index in [1.54, 1.807) is 56.7 Å². The van der Waals surface area contributed by atoms with Crippen molar-refractivity contribution in [3.63, 3.8) is 0 Å². The maximum atomic E-state index is 14.1. The minimum Gasteiger partial charge on any atom is -0.493 e. The van der Waals surface area contributed by atoms with Gasteiger partial charge in [0.05, 0.1) is 36.1 Å². The van der Waals surface area contributed by atoms with Gasteiger partial charge >= 0.3 is 0 Å². The number of anilines is 2. The predicted octanol–water partition coefficient (Wildman–Crippen LogP) is 5.37. The number of nitrogens with one attached hydrogen (secondary N) is 2. The van der Waals surface area contributed by atoms with Crippen LogP contribution >= 0.6 is 11.8 Å². The molecule has 2 amide bonds. The van der Waals surface area contributed by atoms with E-state index < -0.39 is 34.2 Å². The lowest BCUT2D eigenvalue weighted by Crippen LogP contribution is -2.38. The van der Waals surface area contributed by atoms with E-state index in [-0.39, 0.29) is 21.8 Å². The standard InChI is InChI=1S/C32H32FN3O6S2/c1-41-29-16-11-22(19-30(29)42-2)17-18-34-32(38)27-9-4-5-10-28(27)35-31(37)21-36(24-8-6-7-23(33)20-24)44(39,40)26-14-12-25(43-3)13-15-26/h4-16,19-20H,17-18,21H2,1-3H3,(H,34,38)(H,35,37). The molecular formula is C32H32FN3O6S2. The molecule has 4 aromatic rings. The number of thioether (sulfide) groups is 1. The quantitative estimate of drug-likeness (QED) is 0.190. The van der Waals surface area contributed by atoms with Crippen molar-refractivity contribution in [1.29, 1.82) is 0 Å². The van der Waals surface area contributed by atoms with Gasteiger partial charge in [0.1, 0.15) is 12.4 Å². The summed E-state index contributed by atoms with van der Waals surface area (Å²) in [5, 5.41) is 5.49. The molecule has 0 spiro atoms. The van der Waals surface area contributed by atoms with Crippen LogP contribution in [-0.2, 0) is 21.2 Å². The van der Waals surface area contributed by atoms with Crippen molar-refractivity contribution in [2.45, 2.75) is 16.2 Å². The van der Waals surface area contributed by atoms with E-state index in [0.717, 1.165) is 20.8 Å². The number of nitrogens with zero attached hydrogens (tertiary/aromatic N) is 1. The molecule has 0 fully saturated rings. The summed E-state index contributed by atoms with van der Waals surface area (Å²) in [5.74, 6) is -0.622. The molecule has 0 saturated carbocycles.